The first-order chi connectivity index (χ1) is 12.1. The molecule has 0 spiro atoms. The van der Waals surface area contributed by atoms with Crippen LogP contribution in [0, 0.1) is 29.6 Å². The van der Waals surface area contributed by atoms with Gasteiger partial charge in [0.2, 0.25) is 0 Å². The van der Waals surface area contributed by atoms with Gasteiger partial charge in [0.25, 0.3) is 0 Å². The lowest BCUT2D eigenvalue weighted by molar-refractivity contribution is 0.397. The molecule has 5 nitrogen and oxygen atoms in total. The number of nitriles is 2. The smallest absolute Gasteiger partial charge is 0.0975 e. The molecular weight excluding hydrogens is 310 g/mol. The van der Waals surface area contributed by atoms with Crippen LogP contribution in [-0.2, 0) is 0 Å². The number of allylic oxidation sites excluding steroid dienone is 4. The molecule has 1 aliphatic carbocycles. The highest BCUT2D eigenvalue weighted by Gasteiger charge is 2.39. The molecule has 1 aromatic carbocycles. The van der Waals surface area contributed by atoms with E-state index in [0.717, 1.165) is 46.4 Å². The summed E-state index contributed by atoms with van der Waals surface area (Å²) in [5, 5.41) is 28.0. The SMILES string of the molecule is CC1=C(C#N)C(c2ccc3n[nH]c(C)c3c2)C(C#N)=C(C)N1C1CC1. The molecule has 1 aromatic heterocycles. The molecule has 0 radical (unpaired) electrons. The van der Waals surface area contributed by atoms with Crippen molar-refractivity contribution in [3.63, 3.8) is 0 Å². The van der Waals surface area contributed by atoms with E-state index in [0.29, 0.717) is 17.2 Å². The van der Waals surface area contributed by atoms with Gasteiger partial charge in [-0.2, -0.15) is 15.6 Å². The molecule has 1 N–H and O–H groups in total. The summed E-state index contributed by atoms with van der Waals surface area (Å²) < 4.78 is 0. The summed E-state index contributed by atoms with van der Waals surface area (Å²) >= 11 is 0. The summed E-state index contributed by atoms with van der Waals surface area (Å²) in [5.41, 5.74) is 6.18. The molecule has 25 heavy (non-hydrogen) atoms. The fourth-order valence-electron chi connectivity index (χ4n) is 3.91. The second-order valence-corrected chi connectivity index (χ2v) is 6.88. The number of benzene rings is 1. The zero-order chi connectivity index (χ0) is 17.7. The lowest BCUT2D eigenvalue weighted by Crippen LogP contribution is -2.30. The Bertz CT molecular complexity index is 983. The molecule has 1 fully saturated rings. The summed E-state index contributed by atoms with van der Waals surface area (Å²) in [7, 11) is 0. The number of H-pyrrole nitrogens is 1. The van der Waals surface area contributed by atoms with Crippen molar-refractivity contribution >= 4 is 10.9 Å². The molecule has 0 amide bonds. The van der Waals surface area contributed by atoms with Gasteiger partial charge >= 0.3 is 0 Å². The Morgan fingerprint density at radius 2 is 1.72 bits per heavy atom. The number of hydrogen-bond donors (Lipinski definition) is 1. The standard InChI is InChI=1S/C20H19N5/c1-11-16-8-14(4-7-19(16)24-23-11)20-17(9-21)12(2)25(15-5-6-15)13(3)18(20)10-22/h4,7-8,15,20H,5-6H2,1-3H3,(H,23,24). The Balaban J connectivity index is 1.92. The second kappa shape index (κ2) is 5.50. The first kappa shape index (κ1) is 15.5. The number of hydrogen-bond acceptors (Lipinski definition) is 4. The van der Waals surface area contributed by atoms with E-state index in [-0.39, 0.29) is 5.92 Å². The van der Waals surface area contributed by atoms with Gasteiger partial charge in [-0.1, -0.05) is 6.07 Å². The van der Waals surface area contributed by atoms with E-state index in [1.165, 1.54) is 0 Å². The number of aromatic amines is 1. The molecule has 1 aliphatic heterocycles. The third-order valence-electron chi connectivity index (χ3n) is 5.33. The minimum atomic E-state index is -0.302. The molecule has 0 unspecified atom stereocenters. The van der Waals surface area contributed by atoms with Crippen LogP contribution >= 0.6 is 0 Å². The monoisotopic (exact) mass is 329 g/mol. The Morgan fingerprint density at radius 3 is 2.28 bits per heavy atom. The molecule has 1 saturated carbocycles. The average molecular weight is 329 g/mol. The van der Waals surface area contributed by atoms with E-state index in [9.17, 15) is 10.5 Å². The van der Waals surface area contributed by atoms with E-state index in [4.69, 9.17) is 0 Å². The number of aromatic nitrogens is 2. The molecule has 4 rings (SSSR count). The second-order valence-electron chi connectivity index (χ2n) is 6.88. The Hall–Kier alpha value is -3.05. The molecule has 0 atom stereocenters. The van der Waals surface area contributed by atoms with Crippen LogP contribution in [0.4, 0.5) is 0 Å². The van der Waals surface area contributed by atoms with E-state index in [1.807, 2.05) is 32.9 Å². The fraction of sp³-hybridized carbons (Fsp3) is 0.350. The maximum atomic E-state index is 9.86. The van der Waals surface area contributed by atoms with Gasteiger partial charge in [0.05, 0.1) is 34.7 Å². The van der Waals surface area contributed by atoms with Crippen molar-refractivity contribution in [3.05, 3.63) is 52.0 Å². The van der Waals surface area contributed by atoms with Gasteiger partial charge in [0.1, 0.15) is 0 Å². The van der Waals surface area contributed by atoms with Gasteiger partial charge in [0.15, 0.2) is 0 Å². The minimum absolute atomic E-state index is 0.302. The third-order valence-corrected chi connectivity index (χ3v) is 5.33. The zero-order valence-corrected chi connectivity index (χ0v) is 14.6. The Morgan fingerprint density at radius 1 is 1.08 bits per heavy atom. The van der Waals surface area contributed by atoms with E-state index in [2.05, 4.69) is 33.3 Å². The van der Waals surface area contributed by atoms with Crippen LogP contribution in [0.25, 0.3) is 10.9 Å². The van der Waals surface area contributed by atoms with Crippen LogP contribution in [0.1, 0.15) is 43.9 Å². The number of rotatable bonds is 2. The first-order valence-corrected chi connectivity index (χ1v) is 8.52. The summed E-state index contributed by atoms with van der Waals surface area (Å²) in [6.07, 6.45) is 2.24. The Labute approximate surface area is 146 Å². The molecule has 5 heteroatoms. The molecule has 2 aliphatic rings. The van der Waals surface area contributed by atoms with Crippen molar-refractivity contribution in [3.8, 4) is 12.1 Å². The topological polar surface area (TPSA) is 79.5 Å². The minimum Gasteiger partial charge on any atom is -0.344 e. The summed E-state index contributed by atoms with van der Waals surface area (Å²) in [6.45, 7) is 5.99. The van der Waals surface area contributed by atoms with Crippen LogP contribution in [0.15, 0.2) is 40.7 Å². The lowest BCUT2D eigenvalue weighted by Gasteiger charge is -2.35. The maximum Gasteiger partial charge on any atom is 0.0975 e. The normalized spacial score (nSPS) is 18.7. The zero-order valence-electron chi connectivity index (χ0n) is 14.6. The molecule has 2 heterocycles. The number of nitrogens with zero attached hydrogens (tertiary/aromatic N) is 4. The highest BCUT2D eigenvalue weighted by molar-refractivity contribution is 5.82. The lowest BCUT2D eigenvalue weighted by atomic mass is 9.80. The van der Waals surface area contributed by atoms with Crippen molar-refractivity contribution in [2.45, 2.75) is 45.6 Å². The van der Waals surface area contributed by atoms with Crippen molar-refractivity contribution in [2.75, 3.05) is 0 Å². The van der Waals surface area contributed by atoms with E-state index < -0.39 is 0 Å². The molecule has 0 bridgehead atoms. The van der Waals surface area contributed by atoms with Crippen LogP contribution in [0.2, 0.25) is 0 Å². The predicted octanol–water partition coefficient (Wildman–Crippen LogP) is 4.03. The Kier molecular flexibility index (Phi) is 3.40. The van der Waals surface area contributed by atoms with Gasteiger partial charge in [-0.25, -0.2) is 0 Å². The largest absolute Gasteiger partial charge is 0.344 e. The van der Waals surface area contributed by atoms with Gasteiger partial charge in [-0.3, -0.25) is 5.10 Å². The molecular formula is C20H19N5. The van der Waals surface area contributed by atoms with Crippen LogP contribution in [0.3, 0.4) is 0 Å². The van der Waals surface area contributed by atoms with Crippen LogP contribution in [0.5, 0.6) is 0 Å². The van der Waals surface area contributed by atoms with E-state index >= 15 is 0 Å². The van der Waals surface area contributed by atoms with Crippen molar-refractivity contribution in [1.82, 2.24) is 15.1 Å². The summed E-state index contributed by atoms with van der Waals surface area (Å²) in [5.74, 6) is -0.302. The highest BCUT2D eigenvalue weighted by atomic mass is 15.2. The first-order valence-electron chi connectivity index (χ1n) is 8.52. The van der Waals surface area contributed by atoms with E-state index in [1.54, 1.807) is 0 Å². The van der Waals surface area contributed by atoms with Crippen LogP contribution in [-0.4, -0.2) is 21.1 Å². The van der Waals surface area contributed by atoms with Crippen LogP contribution < -0.4 is 0 Å². The van der Waals surface area contributed by atoms with Gasteiger partial charge < -0.3 is 4.90 Å². The third kappa shape index (κ3) is 2.24. The summed E-state index contributed by atoms with van der Waals surface area (Å²) in [6, 6.07) is 11.2. The quantitative estimate of drug-likeness (QED) is 0.902. The summed E-state index contributed by atoms with van der Waals surface area (Å²) in [4.78, 5) is 2.19. The van der Waals surface area contributed by atoms with Crippen molar-refractivity contribution < 1.29 is 0 Å². The van der Waals surface area contributed by atoms with Gasteiger partial charge in [-0.15, -0.1) is 0 Å². The molecule has 0 saturated heterocycles. The van der Waals surface area contributed by atoms with Gasteiger partial charge in [-0.05, 0) is 51.3 Å². The molecule has 124 valence electrons. The maximum absolute atomic E-state index is 9.86. The van der Waals surface area contributed by atoms with Gasteiger partial charge in [0, 0.05) is 28.5 Å². The van der Waals surface area contributed by atoms with Crippen molar-refractivity contribution in [1.29, 1.82) is 10.5 Å². The average Bonchev–Trinajstić information content (AvgIpc) is 3.37. The number of nitrogens with one attached hydrogen (secondary N) is 1. The molecule has 2 aromatic rings. The fourth-order valence-corrected chi connectivity index (χ4v) is 3.91. The number of aryl methyl sites for hydroxylation is 1. The highest BCUT2D eigenvalue weighted by Crippen LogP contribution is 2.45. The number of fused-ring (bicyclic) bond motifs is 1. The van der Waals surface area contributed by atoms with Crippen molar-refractivity contribution in [2.24, 2.45) is 0 Å². The predicted molar refractivity (Wildman–Crippen MR) is 95.1 cm³/mol.